The fourth-order valence-corrected chi connectivity index (χ4v) is 1.88. The van der Waals surface area contributed by atoms with Crippen LogP contribution in [0.5, 0.6) is 0 Å². The quantitative estimate of drug-likeness (QED) is 0.641. The summed E-state index contributed by atoms with van der Waals surface area (Å²) in [4.78, 5) is 10.7. The molecule has 0 saturated heterocycles. The summed E-state index contributed by atoms with van der Waals surface area (Å²) in [6.07, 6.45) is 4.23. The van der Waals surface area contributed by atoms with Gasteiger partial charge in [0.05, 0.1) is 0 Å². The lowest BCUT2D eigenvalue weighted by Gasteiger charge is -2.28. The van der Waals surface area contributed by atoms with Gasteiger partial charge in [0.15, 0.2) is 0 Å². The Labute approximate surface area is 73.2 Å². The lowest BCUT2D eigenvalue weighted by molar-refractivity contribution is -0.120. The van der Waals surface area contributed by atoms with Crippen LogP contribution in [0.25, 0.3) is 0 Å². The maximum atomic E-state index is 10.7. The predicted octanol–water partition coefficient (Wildman–Crippen LogP) is 0.674. The first kappa shape index (κ1) is 9.52. The molecule has 0 aromatic rings. The van der Waals surface area contributed by atoms with Crippen molar-refractivity contribution >= 4 is 5.91 Å². The Hall–Kier alpha value is -0.570. The average Bonchev–Trinajstić information content (AvgIpc) is 2.03. The van der Waals surface area contributed by atoms with Crippen molar-refractivity contribution in [3.05, 3.63) is 0 Å². The molecular formula is C9H17NO2. The Morgan fingerprint density at radius 3 is 2.92 bits per heavy atom. The highest BCUT2D eigenvalue weighted by atomic mass is 16.3. The molecule has 0 heterocycles. The molecule has 1 rings (SSSR count). The molecule has 0 aromatic heterocycles. The molecule has 0 spiro atoms. The van der Waals surface area contributed by atoms with Crippen molar-refractivity contribution in [2.24, 2.45) is 5.92 Å². The molecule has 3 heteroatoms. The topological polar surface area (TPSA) is 49.3 Å². The second-order valence-corrected chi connectivity index (χ2v) is 3.61. The van der Waals surface area contributed by atoms with E-state index >= 15 is 0 Å². The minimum absolute atomic E-state index is 0.0404. The van der Waals surface area contributed by atoms with E-state index in [2.05, 4.69) is 5.32 Å². The van der Waals surface area contributed by atoms with Gasteiger partial charge in [-0.25, -0.2) is 0 Å². The van der Waals surface area contributed by atoms with Crippen molar-refractivity contribution in [2.75, 3.05) is 6.61 Å². The lowest BCUT2D eigenvalue weighted by Crippen LogP contribution is -2.37. The van der Waals surface area contributed by atoms with E-state index in [0.717, 1.165) is 25.7 Å². The van der Waals surface area contributed by atoms with Crippen molar-refractivity contribution in [3.8, 4) is 0 Å². The van der Waals surface area contributed by atoms with E-state index < -0.39 is 0 Å². The van der Waals surface area contributed by atoms with E-state index in [0.29, 0.717) is 12.0 Å². The predicted molar refractivity (Wildman–Crippen MR) is 46.6 cm³/mol. The highest BCUT2D eigenvalue weighted by Crippen LogP contribution is 2.23. The second-order valence-electron chi connectivity index (χ2n) is 3.61. The molecule has 12 heavy (non-hydrogen) atoms. The number of hydrogen-bond acceptors (Lipinski definition) is 2. The third kappa shape index (κ3) is 2.81. The van der Waals surface area contributed by atoms with Crippen LogP contribution in [0, 0.1) is 5.92 Å². The van der Waals surface area contributed by atoms with E-state index in [1.54, 1.807) is 6.92 Å². The third-order valence-corrected chi connectivity index (χ3v) is 2.45. The van der Waals surface area contributed by atoms with E-state index in [4.69, 9.17) is 5.11 Å². The summed E-state index contributed by atoms with van der Waals surface area (Å²) >= 11 is 0. The monoisotopic (exact) mass is 171 g/mol. The van der Waals surface area contributed by atoms with Crippen molar-refractivity contribution in [1.82, 2.24) is 5.32 Å². The summed E-state index contributed by atoms with van der Waals surface area (Å²) in [5.41, 5.74) is 0. The smallest absolute Gasteiger partial charge is 0.217 e. The summed E-state index contributed by atoms with van der Waals surface area (Å²) < 4.78 is 0. The lowest BCUT2D eigenvalue weighted by atomic mass is 9.86. The molecule has 70 valence electrons. The zero-order chi connectivity index (χ0) is 8.97. The number of aliphatic hydroxyl groups excluding tert-OH is 1. The number of hydrogen-bond donors (Lipinski definition) is 2. The molecule has 1 amide bonds. The van der Waals surface area contributed by atoms with Gasteiger partial charge in [-0.2, -0.15) is 0 Å². The number of rotatable bonds is 2. The van der Waals surface area contributed by atoms with Gasteiger partial charge in [-0.15, -0.1) is 0 Å². The molecule has 1 fully saturated rings. The minimum Gasteiger partial charge on any atom is -0.396 e. The first-order valence-electron chi connectivity index (χ1n) is 4.60. The van der Waals surface area contributed by atoms with E-state index in [1.807, 2.05) is 0 Å². The van der Waals surface area contributed by atoms with Crippen LogP contribution >= 0.6 is 0 Å². The van der Waals surface area contributed by atoms with Gasteiger partial charge in [-0.05, 0) is 25.2 Å². The van der Waals surface area contributed by atoms with Crippen LogP contribution in [0.1, 0.15) is 32.6 Å². The highest BCUT2D eigenvalue weighted by molar-refractivity contribution is 5.73. The molecule has 0 aliphatic heterocycles. The van der Waals surface area contributed by atoms with Gasteiger partial charge in [0.1, 0.15) is 0 Å². The van der Waals surface area contributed by atoms with Crippen molar-refractivity contribution < 1.29 is 9.90 Å². The molecule has 3 nitrogen and oxygen atoms in total. The zero-order valence-corrected chi connectivity index (χ0v) is 7.55. The van der Waals surface area contributed by atoms with Gasteiger partial charge in [0, 0.05) is 19.6 Å². The van der Waals surface area contributed by atoms with Gasteiger partial charge in [-0.1, -0.05) is 6.42 Å². The van der Waals surface area contributed by atoms with Gasteiger partial charge >= 0.3 is 0 Å². The third-order valence-electron chi connectivity index (χ3n) is 2.45. The summed E-state index contributed by atoms with van der Waals surface area (Å²) in [6.45, 7) is 1.80. The number of carbonyl (C=O) groups is 1. The Bertz CT molecular complexity index is 159. The normalized spacial score (nSPS) is 29.8. The second kappa shape index (κ2) is 4.45. The first-order valence-corrected chi connectivity index (χ1v) is 4.60. The number of amides is 1. The van der Waals surface area contributed by atoms with Crippen LogP contribution in [0.2, 0.25) is 0 Å². The van der Waals surface area contributed by atoms with Crippen molar-refractivity contribution in [2.45, 2.75) is 38.6 Å². The number of carbonyl (C=O) groups excluding carboxylic acids is 1. The standard InChI is InChI=1S/C9H17NO2/c1-7(12)10-9-4-2-3-8(5-9)6-11/h8-9,11H,2-6H2,1H3,(H,10,12). The highest BCUT2D eigenvalue weighted by Gasteiger charge is 2.21. The molecule has 2 atom stereocenters. The molecule has 1 aliphatic rings. The molecule has 2 unspecified atom stereocenters. The Balaban J connectivity index is 2.30. The maximum absolute atomic E-state index is 10.7. The van der Waals surface area contributed by atoms with Crippen LogP contribution in [0.4, 0.5) is 0 Å². The fraction of sp³-hybridized carbons (Fsp3) is 0.889. The van der Waals surface area contributed by atoms with Gasteiger partial charge < -0.3 is 10.4 Å². The number of nitrogens with one attached hydrogen (secondary N) is 1. The summed E-state index contributed by atoms with van der Waals surface area (Å²) in [7, 11) is 0. The van der Waals surface area contributed by atoms with E-state index in [1.165, 1.54) is 0 Å². The first-order chi connectivity index (χ1) is 5.72. The molecule has 0 bridgehead atoms. The largest absolute Gasteiger partial charge is 0.396 e. The molecular weight excluding hydrogens is 154 g/mol. The summed E-state index contributed by atoms with van der Waals surface area (Å²) in [6, 6.07) is 0.299. The fourth-order valence-electron chi connectivity index (χ4n) is 1.88. The maximum Gasteiger partial charge on any atom is 0.217 e. The van der Waals surface area contributed by atoms with Crippen LogP contribution in [0.3, 0.4) is 0 Å². The molecule has 2 N–H and O–H groups in total. The van der Waals surface area contributed by atoms with Gasteiger partial charge in [-0.3, -0.25) is 4.79 Å². The van der Waals surface area contributed by atoms with E-state index in [-0.39, 0.29) is 12.5 Å². The zero-order valence-electron chi connectivity index (χ0n) is 7.55. The SMILES string of the molecule is CC(=O)NC1CCCC(CO)C1. The summed E-state index contributed by atoms with van der Waals surface area (Å²) in [5.74, 6) is 0.439. The summed E-state index contributed by atoms with van der Waals surface area (Å²) in [5, 5.41) is 11.8. The van der Waals surface area contributed by atoms with Crippen LogP contribution in [0.15, 0.2) is 0 Å². The minimum atomic E-state index is 0.0404. The van der Waals surface area contributed by atoms with Gasteiger partial charge in [0.2, 0.25) is 5.91 Å². The Kier molecular flexibility index (Phi) is 3.53. The van der Waals surface area contributed by atoms with Gasteiger partial charge in [0.25, 0.3) is 0 Å². The van der Waals surface area contributed by atoms with Crippen LogP contribution < -0.4 is 5.32 Å². The molecule has 0 aromatic carbocycles. The van der Waals surface area contributed by atoms with Crippen LogP contribution in [-0.4, -0.2) is 23.7 Å². The average molecular weight is 171 g/mol. The Morgan fingerprint density at radius 2 is 2.33 bits per heavy atom. The van der Waals surface area contributed by atoms with Crippen LogP contribution in [-0.2, 0) is 4.79 Å². The Morgan fingerprint density at radius 1 is 1.58 bits per heavy atom. The molecule has 1 saturated carbocycles. The van der Waals surface area contributed by atoms with E-state index in [9.17, 15) is 4.79 Å². The van der Waals surface area contributed by atoms with Crippen molar-refractivity contribution in [3.63, 3.8) is 0 Å². The number of aliphatic hydroxyl groups is 1. The molecule has 1 aliphatic carbocycles. The molecule has 0 radical (unpaired) electrons. The van der Waals surface area contributed by atoms with Crippen molar-refractivity contribution in [1.29, 1.82) is 0 Å².